The molecule has 0 fully saturated rings. The molecule has 2 N–H and O–H groups in total. The number of rotatable bonds is 21. The van der Waals surface area contributed by atoms with Gasteiger partial charge in [-0.3, -0.25) is 9.59 Å². The first-order valence-electron chi connectivity index (χ1n) is 11.4. The van der Waals surface area contributed by atoms with E-state index in [-0.39, 0.29) is 19.3 Å². The van der Waals surface area contributed by atoms with Gasteiger partial charge in [0.15, 0.2) is 0 Å². The van der Waals surface area contributed by atoms with Gasteiger partial charge in [-0.2, -0.15) is 0 Å². The van der Waals surface area contributed by atoms with Crippen LogP contribution in [0.15, 0.2) is 12.2 Å². The first-order valence-corrected chi connectivity index (χ1v) is 11.4. The van der Waals surface area contributed by atoms with Gasteiger partial charge in [0.2, 0.25) is 0 Å². The summed E-state index contributed by atoms with van der Waals surface area (Å²) in [6.45, 7) is 4.79. The van der Waals surface area contributed by atoms with Gasteiger partial charge in [0.25, 0.3) is 0 Å². The Kier molecular flexibility index (Phi) is 16.8. The molecule has 174 valence electrons. The van der Waals surface area contributed by atoms with Gasteiger partial charge in [0.05, 0.1) is 39.0 Å². The molecule has 0 bridgehead atoms. The molecular formula is C23H41NO6. The fourth-order valence-corrected chi connectivity index (χ4v) is 3.81. The molecule has 0 radical (unpaired) electrons. The van der Waals surface area contributed by atoms with Gasteiger partial charge in [0, 0.05) is 31.7 Å². The van der Waals surface area contributed by atoms with Crippen LogP contribution in [-0.2, 0) is 14.4 Å². The van der Waals surface area contributed by atoms with Crippen molar-refractivity contribution in [3.8, 4) is 0 Å². The molecule has 0 unspecified atom stereocenters. The first-order chi connectivity index (χ1) is 14.3. The third-order valence-corrected chi connectivity index (χ3v) is 5.47. The van der Waals surface area contributed by atoms with Gasteiger partial charge >= 0.3 is 11.9 Å². The monoisotopic (exact) mass is 427 g/mol. The molecule has 0 saturated heterocycles. The molecule has 7 heteroatoms. The molecule has 0 rings (SSSR count). The summed E-state index contributed by atoms with van der Waals surface area (Å²) in [5.41, 5.74) is 0. The van der Waals surface area contributed by atoms with Crippen molar-refractivity contribution in [1.29, 1.82) is 0 Å². The maximum absolute atomic E-state index is 10.9. The highest BCUT2D eigenvalue weighted by Crippen LogP contribution is 2.17. The number of quaternary nitrogens is 1. The summed E-state index contributed by atoms with van der Waals surface area (Å²) in [5, 5.41) is 28.8. The number of carboxylic acid groups (broad SMARTS) is 3. The van der Waals surface area contributed by atoms with Crippen LogP contribution in [0, 0.1) is 0 Å². The minimum absolute atomic E-state index is 0.0362. The normalized spacial score (nSPS) is 11.8. The second-order valence-corrected chi connectivity index (χ2v) is 8.17. The second kappa shape index (κ2) is 17.9. The van der Waals surface area contributed by atoms with E-state index in [9.17, 15) is 19.5 Å². The average Bonchev–Trinajstić information content (AvgIpc) is 2.65. The molecular weight excluding hydrogens is 386 g/mol. The number of hydrogen-bond donors (Lipinski definition) is 2. The molecule has 0 saturated carbocycles. The Labute approximate surface area is 181 Å². The zero-order chi connectivity index (χ0) is 22.7. The maximum Gasteiger partial charge on any atom is 0.303 e. The lowest BCUT2D eigenvalue weighted by Gasteiger charge is -2.39. The van der Waals surface area contributed by atoms with E-state index in [0.29, 0.717) is 43.4 Å². The van der Waals surface area contributed by atoms with Crippen molar-refractivity contribution in [3.63, 3.8) is 0 Å². The summed E-state index contributed by atoms with van der Waals surface area (Å²) < 4.78 is 0.564. The van der Waals surface area contributed by atoms with Crippen molar-refractivity contribution in [2.45, 2.75) is 90.4 Å². The fraction of sp³-hybridized carbons (Fsp3) is 0.783. The molecule has 0 atom stereocenters. The van der Waals surface area contributed by atoms with Gasteiger partial charge in [-0.1, -0.05) is 44.8 Å². The van der Waals surface area contributed by atoms with Gasteiger partial charge in [-0.15, -0.1) is 0 Å². The van der Waals surface area contributed by atoms with Crippen molar-refractivity contribution in [1.82, 2.24) is 0 Å². The van der Waals surface area contributed by atoms with E-state index < -0.39 is 17.9 Å². The lowest BCUT2D eigenvalue weighted by molar-refractivity contribution is -0.928. The van der Waals surface area contributed by atoms with Crippen LogP contribution in [0.4, 0.5) is 0 Å². The summed E-state index contributed by atoms with van der Waals surface area (Å²) >= 11 is 0. The van der Waals surface area contributed by atoms with Gasteiger partial charge < -0.3 is 24.6 Å². The smallest absolute Gasteiger partial charge is 0.303 e. The Morgan fingerprint density at radius 1 is 0.700 bits per heavy atom. The average molecular weight is 428 g/mol. The summed E-state index contributed by atoms with van der Waals surface area (Å²) in [6, 6.07) is 0. The number of aliphatic carboxylic acids is 3. The molecule has 0 spiro atoms. The molecule has 0 aliphatic rings. The van der Waals surface area contributed by atoms with E-state index in [1.54, 1.807) is 0 Å². The van der Waals surface area contributed by atoms with Crippen molar-refractivity contribution >= 4 is 17.9 Å². The molecule has 7 nitrogen and oxygen atoms in total. The first kappa shape index (κ1) is 28.1. The Balaban J connectivity index is 4.81. The van der Waals surface area contributed by atoms with E-state index in [1.165, 1.54) is 32.1 Å². The van der Waals surface area contributed by atoms with Crippen LogP contribution in [0.2, 0.25) is 0 Å². The number of allylic oxidation sites excluding steroid dienone is 1. The summed E-state index contributed by atoms with van der Waals surface area (Å²) in [6.07, 6.45) is 13.9. The van der Waals surface area contributed by atoms with Crippen LogP contribution in [0.5, 0.6) is 0 Å². The van der Waals surface area contributed by atoms with Crippen LogP contribution in [0.25, 0.3) is 0 Å². The van der Waals surface area contributed by atoms with E-state index in [1.807, 2.05) is 0 Å². The van der Waals surface area contributed by atoms with Crippen LogP contribution in [-0.4, -0.2) is 58.8 Å². The zero-order valence-electron chi connectivity index (χ0n) is 18.7. The molecule has 0 aromatic heterocycles. The number of carboxylic acids is 3. The number of carbonyl (C=O) groups excluding carboxylic acids is 1. The third-order valence-electron chi connectivity index (χ3n) is 5.47. The molecule has 0 aromatic carbocycles. The van der Waals surface area contributed by atoms with Crippen LogP contribution >= 0.6 is 0 Å². The highest BCUT2D eigenvalue weighted by Gasteiger charge is 2.26. The fourth-order valence-electron chi connectivity index (χ4n) is 3.81. The lowest BCUT2D eigenvalue weighted by atomic mass is 10.1. The highest BCUT2D eigenvalue weighted by molar-refractivity contribution is 5.66. The van der Waals surface area contributed by atoms with Gasteiger partial charge in [-0.05, 0) is 19.3 Å². The zero-order valence-corrected chi connectivity index (χ0v) is 18.7. The number of carbonyl (C=O) groups is 3. The predicted octanol–water partition coefficient (Wildman–Crippen LogP) is 3.37. The second-order valence-electron chi connectivity index (χ2n) is 8.17. The minimum Gasteiger partial charge on any atom is -0.550 e. The van der Waals surface area contributed by atoms with Crippen LogP contribution in [0.3, 0.4) is 0 Å². The number of unbranched alkanes of at least 4 members (excludes halogenated alkanes) is 5. The van der Waals surface area contributed by atoms with Crippen molar-refractivity contribution in [2.75, 3.05) is 26.2 Å². The minimum atomic E-state index is -1.09. The molecule has 30 heavy (non-hydrogen) atoms. The Hall–Kier alpha value is -1.89. The van der Waals surface area contributed by atoms with Crippen molar-refractivity contribution in [2.24, 2.45) is 0 Å². The quantitative estimate of drug-likeness (QED) is 0.165. The van der Waals surface area contributed by atoms with Crippen molar-refractivity contribution < 1.29 is 34.2 Å². The molecule has 0 amide bonds. The molecule has 0 aromatic rings. The van der Waals surface area contributed by atoms with Gasteiger partial charge in [0.1, 0.15) is 0 Å². The number of hydrogen-bond acceptors (Lipinski definition) is 4. The van der Waals surface area contributed by atoms with E-state index in [4.69, 9.17) is 10.2 Å². The Bertz CT molecular complexity index is 468. The van der Waals surface area contributed by atoms with Crippen molar-refractivity contribution in [3.05, 3.63) is 12.2 Å². The molecule has 0 aliphatic carbocycles. The molecule has 0 heterocycles. The van der Waals surface area contributed by atoms with E-state index in [2.05, 4.69) is 19.1 Å². The Morgan fingerprint density at radius 2 is 1.20 bits per heavy atom. The number of nitrogens with zero attached hydrogens (tertiary/aromatic N) is 1. The highest BCUT2D eigenvalue weighted by atomic mass is 16.4. The standard InChI is InChI=1S/C23H41NO6/c1-2-3-4-5-6-7-8-9-10-17-24(18-11-14-21(25)26,19-12-15-22(27)28)20-13-16-23(29)30/h8-9H,2-7,10-20H2,1H3,(H2-,25,26,27,28,29,30)/b9-8+. The van der Waals surface area contributed by atoms with E-state index in [0.717, 1.165) is 19.4 Å². The Morgan fingerprint density at radius 3 is 1.70 bits per heavy atom. The van der Waals surface area contributed by atoms with Crippen LogP contribution in [0.1, 0.15) is 90.4 Å². The summed E-state index contributed by atoms with van der Waals surface area (Å²) in [5.74, 6) is -2.79. The van der Waals surface area contributed by atoms with Crippen LogP contribution < -0.4 is 5.11 Å². The maximum atomic E-state index is 10.9. The SMILES string of the molecule is CCCCCCC/C=C/CC[N+](CCCC(=O)[O-])(CCCC(=O)O)CCCC(=O)O. The van der Waals surface area contributed by atoms with E-state index >= 15 is 0 Å². The summed E-state index contributed by atoms with van der Waals surface area (Å²) in [7, 11) is 0. The predicted molar refractivity (Wildman–Crippen MR) is 115 cm³/mol. The summed E-state index contributed by atoms with van der Waals surface area (Å²) in [4.78, 5) is 32.7. The lowest BCUT2D eigenvalue weighted by Crippen LogP contribution is -2.51. The van der Waals surface area contributed by atoms with Gasteiger partial charge in [-0.25, -0.2) is 0 Å². The largest absolute Gasteiger partial charge is 0.550 e. The third kappa shape index (κ3) is 17.0. The topological polar surface area (TPSA) is 115 Å². The molecule has 0 aliphatic heterocycles.